The van der Waals surface area contributed by atoms with Crippen molar-refractivity contribution in [2.45, 2.75) is 44.2 Å². The van der Waals surface area contributed by atoms with Gasteiger partial charge >= 0.3 is 0 Å². The molecule has 4 rings (SSSR count). The van der Waals surface area contributed by atoms with Crippen LogP contribution < -0.4 is 10.9 Å². The lowest BCUT2D eigenvalue weighted by Gasteiger charge is -2.37. The smallest absolute Gasteiger partial charge is 0.228 e. The largest absolute Gasteiger partial charge is 0.370 e. The van der Waals surface area contributed by atoms with E-state index in [-0.39, 0.29) is 24.0 Å². The molecule has 1 aromatic carbocycles. The summed E-state index contributed by atoms with van der Waals surface area (Å²) in [6.45, 7) is 2.61. The molecule has 2 aliphatic heterocycles. The first-order valence-corrected chi connectivity index (χ1v) is 10.2. The number of nitrogens with zero attached hydrogens (tertiary/aromatic N) is 1. The van der Waals surface area contributed by atoms with Crippen molar-refractivity contribution >= 4 is 17.5 Å². The molecule has 5 nitrogen and oxygen atoms in total. The van der Waals surface area contributed by atoms with Crippen LogP contribution in [0, 0.1) is 11.8 Å². The molecule has 2 heterocycles. The van der Waals surface area contributed by atoms with Gasteiger partial charge in [0.15, 0.2) is 0 Å². The molecular formula is C20H28ClN3O2. The van der Waals surface area contributed by atoms with Crippen LogP contribution in [0.3, 0.4) is 0 Å². The zero-order valence-electron chi connectivity index (χ0n) is 15.1. The summed E-state index contributed by atoms with van der Waals surface area (Å²) in [5.74, 6) is 0.906. The molecule has 1 amide bonds. The van der Waals surface area contributed by atoms with E-state index in [0.717, 1.165) is 17.1 Å². The number of morpholine rings is 1. The average molecular weight is 378 g/mol. The maximum absolute atomic E-state index is 13.3. The van der Waals surface area contributed by atoms with E-state index in [1.165, 1.54) is 32.1 Å². The van der Waals surface area contributed by atoms with Crippen molar-refractivity contribution in [2.24, 2.45) is 11.8 Å². The molecule has 142 valence electrons. The minimum absolute atomic E-state index is 0.0297. The zero-order chi connectivity index (χ0) is 17.9. The summed E-state index contributed by atoms with van der Waals surface area (Å²) < 4.78 is 5.92. The summed E-state index contributed by atoms with van der Waals surface area (Å²) in [6.07, 6.45) is 6.32. The number of rotatable bonds is 3. The topological polar surface area (TPSA) is 53.6 Å². The van der Waals surface area contributed by atoms with Gasteiger partial charge in [-0.15, -0.1) is 0 Å². The first-order chi connectivity index (χ1) is 12.7. The molecule has 1 aliphatic carbocycles. The van der Waals surface area contributed by atoms with E-state index in [0.29, 0.717) is 25.6 Å². The van der Waals surface area contributed by atoms with Crippen LogP contribution in [0.5, 0.6) is 0 Å². The number of amides is 1. The highest BCUT2D eigenvalue weighted by Gasteiger charge is 2.41. The molecule has 3 aliphatic rings. The fraction of sp³-hybridized carbons (Fsp3) is 0.650. The summed E-state index contributed by atoms with van der Waals surface area (Å²) >= 11 is 5.99. The number of halogens is 1. The van der Waals surface area contributed by atoms with Gasteiger partial charge in [-0.05, 0) is 36.5 Å². The van der Waals surface area contributed by atoms with E-state index >= 15 is 0 Å². The van der Waals surface area contributed by atoms with Gasteiger partial charge in [0.2, 0.25) is 5.91 Å². The molecule has 0 aromatic heterocycles. The van der Waals surface area contributed by atoms with Gasteiger partial charge in [0.05, 0.1) is 19.1 Å². The lowest BCUT2D eigenvalue weighted by molar-refractivity contribution is -0.143. The monoisotopic (exact) mass is 377 g/mol. The van der Waals surface area contributed by atoms with Crippen LogP contribution in [0.1, 0.15) is 43.8 Å². The minimum atomic E-state index is -0.0691. The van der Waals surface area contributed by atoms with Crippen LogP contribution in [0.2, 0.25) is 5.02 Å². The van der Waals surface area contributed by atoms with Crippen molar-refractivity contribution in [1.82, 2.24) is 15.8 Å². The summed E-state index contributed by atoms with van der Waals surface area (Å²) in [5.41, 5.74) is 7.73. The minimum Gasteiger partial charge on any atom is -0.370 e. The normalized spacial score (nSPS) is 30.5. The van der Waals surface area contributed by atoms with E-state index in [9.17, 15) is 4.79 Å². The summed E-state index contributed by atoms with van der Waals surface area (Å²) in [4.78, 5) is 15.3. The first kappa shape index (κ1) is 18.2. The quantitative estimate of drug-likeness (QED) is 0.850. The Balaban J connectivity index is 1.42. The van der Waals surface area contributed by atoms with E-state index in [4.69, 9.17) is 16.3 Å². The highest BCUT2D eigenvalue weighted by atomic mass is 35.5. The molecule has 0 bridgehead atoms. The van der Waals surface area contributed by atoms with E-state index in [1.54, 1.807) is 0 Å². The number of hydrogen-bond acceptors (Lipinski definition) is 4. The molecular weight excluding hydrogens is 350 g/mol. The Labute approximate surface area is 160 Å². The fourth-order valence-corrected chi connectivity index (χ4v) is 4.78. The Morgan fingerprint density at radius 3 is 2.69 bits per heavy atom. The van der Waals surface area contributed by atoms with Gasteiger partial charge in [-0.2, -0.15) is 0 Å². The molecule has 1 aromatic rings. The number of carbonyl (C=O) groups is 1. The lowest BCUT2D eigenvalue weighted by atomic mass is 9.79. The molecule has 1 saturated carbocycles. The molecule has 3 unspecified atom stereocenters. The third kappa shape index (κ3) is 3.91. The second kappa shape index (κ2) is 8.26. The molecule has 2 saturated heterocycles. The first-order valence-electron chi connectivity index (χ1n) is 9.86. The van der Waals surface area contributed by atoms with Crippen LogP contribution in [-0.4, -0.2) is 43.1 Å². The molecule has 3 fully saturated rings. The van der Waals surface area contributed by atoms with Crippen LogP contribution in [0.15, 0.2) is 24.3 Å². The van der Waals surface area contributed by atoms with Crippen molar-refractivity contribution in [3.63, 3.8) is 0 Å². The highest BCUT2D eigenvalue weighted by Crippen LogP contribution is 2.32. The number of hydrogen-bond donors (Lipinski definition) is 2. The molecule has 2 N–H and O–H groups in total. The predicted octanol–water partition coefficient (Wildman–Crippen LogP) is 2.91. The molecule has 26 heavy (non-hydrogen) atoms. The number of carbonyl (C=O) groups excluding carboxylic acids is 1. The van der Waals surface area contributed by atoms with Crippen LogP contribution in [-0.2, 0) is 9.53 Å². The molecule has 0 spiro atoms. The Hall–Kier alpha value is -1.14. The van der Waals surface area contributed by atoms with Crippen molar-refractivity contribution in [3.8, 4) is 0 Å². The van der Waals surface area contributed by atoms with Gasteiger partial charge in [-0.3, -0.25) is 15.6 Å². The number of ether oxygens (including phenoxy) is 1. The van der Waals surface area contributed by atoms with Gasteiger partial charge in [-0.1, -0.05) is 43.0 Å². The molecule has 3 atom stereocenters. The third-order valence-electron chi connectivity index (χ3n) is 6.12. The lowest BCUT2D eigenvalue weighted by Crippen LogP contribution is -2.49. The third-order valence-corrected chi connectivity index (χ3v) is 6.37. The Morgan fingerprint density at radius 1 is 1.15 bits per heavy atom. The number of nitrogens with one attached hydrogen (secondary N) is 2. The molecule has 6 heteroatoms. The maximum atomic E-state index is 13.3. The van der Waals surface area contributed by atoms with Crippen molar-refractivity contribution in [1.29, 1.82) is 0 Å². The summed E-state index contributed by atoms with van der Waals surface area (Å²) in [6, 6.07) is 8.00. The van der Waals surface area contributed by atoms with E-state index in [1.807, 2.05) is 29.2 Å². The summed E-state index contributed by atoms with van der Waals surface area (Å²) in [7, 11) is 0. The Morgan fingerprint density at radius 2 is 1.92 bits per heavy atom. The van der Waals surface area contributed by atoms with Crippen molar-refractivity contribution in [2.75, 3.05) is 26.2 Å². The SMILES string of the molecule is O=C(C1CNNC1C1CCCCC1)N1CCOC(c2ccc(Cl)cc2)C1. The average Bonchev–Trinajstić information content (AvgIpc) is 3.18. The van der Waals surface area contributed by atoms with Crippen molar-refractivity contribution in [3.05, 3.63) is 34.9 Å². The summed E-state index contributed by atoms with van der Waals surface area (Å²) in [5, 5.41) is 0.718. The van der Waals surface area contributed by atoms with Crippen molar-refractivity contribution < 1.29 is 9.53 Å². The highest BCUT2D eigenvalue weighted by molar-refractivity contribution is 6.30. The predicted molar refractivity (Wildman–Crippen MR) is 102 cm³/mol. The van der Waals surface area contributed by atoms with Gasteiger partial charge < -0.3 is 9.64 Å². The standard InChI is InChI=1S/C20H28ClN3O2/c21-16-8-6-14(7-9-16)18-13-24(10-11-26-18)20(25)17-12-22-23-19(17)15-4-2-1-3-5-15/h6-9,15,17-19,22-23H,1-5,10-13H2. The second-order valence-corrected chi connectivity index (χ2v) is 8.19. The number of hydrazine groups is 1. The van der Waals surface area contributed by atoms with Gasteiger partial charge in [0.1, 0.15) is 6.10 Å². The van der Waals surface area contributed by atoms with Gasteiger partial charge in [-0.25, -0.2) is 0 Å². The zero-order valence-corrected chi connectivity index (χ0v) is 15.9. The Kier molecular flexibility index (Phi) is 5.79. The van der Waals surface area contributed by atoms with E-state index in [2.05, 4.69) is 10.9 Å². The van der Waals surface area contributed by atoms with E-state index < -0.39 is 0 Å². The fourth-order valence-electron chi connectivity index (χ4n) is 4.66. The Bertz CT molecular complexity index is 618. The second-order valence-electron chi connectivity index (χ2n) is 7.75. The van der Waals surface area contributed by atoms with Gasteiger partial charge in [0.25, 0.3) is 0 Å². The van der Waals surface area contributed by atoms with Crippen LogP contribution >= 0.6 is 11.6 Å². The van der Waals surface area contributed by atoms with Gasteiger partial charge in [0, 0.05) is 24.2 Å². The van der Waals surface area contributed by atoms with Crippen LogP contribution in [0.4, 0.5) is 0 Å². The number of benzene rings is 1. The maximum Gasteiger partial charge on any atom is 0.228 e. The molecule has 0 radical (unpaired) electrons. The van der Waals surface area contributed by atoms with Crippen LogP contribution in [0.25, 0.3) is 0 Å².